The molecule has 0 bridgehead atoms. The van der Waals surface area contributed by atoms with Crippen molar-refractivity contribution in [2.75, 3.05) is 19.8 Å². The van der Waals surface area contributed by atoms with E-state index in [4.69, 9.17) is 14.2 Å². The third-order valence-corrected chi connectivity index (χ3v) is 3.28. The first kappa shape index (κ1) is 10.4. The third kappa shape index (κ3) is 1.69. The fraction of sp³-hybridized carbons (Fsp3) is 1.00. The van der Waals surface area contributed by atoms with Crippen molar-refractivity contribution in [1.82, 2.24) is 0 Å². The third-order valence-electron chi connectivity index (χ3n) is 3.28. The monoisotopic (exact) mass is 200 g/mol. The number of hydrogen-bond acceptors (Lipinski definition) is 3. The summed E-state index contributed by atoms with van der Waals surface area (Å²) in [5.74, 6) is 1.18. The normalized spacial score (nSPS) is 42.0. The fourth-order valence-electron chi connectivity index (χ4n) is 2.42. The zero-order valence-electron chi connectivity index (χ0n) is 9.23. The lowest BCUT2D eigenvalue weighted by Gasteiger charge is -2.19. The van der Waals surface area contributed by atoms with Crippen LogP contribution in [0.4, 0.5) is 0 Å². The minimum Gasteiger partial charge on any atom is -0.373 e. The maximum Gasteiger partial charge on any atom is 0.112 e. The van der Waals surface area contributed by atoms with Gasteiger partial charge in [-0.25, -0.2) is 0 Å². The molecule has 0 unspecified atom stereocenters. The summed E-state index contributed by atoms with van der Waals surface area (Å²) in [6.07, 6.45) is 0.614. The van der Waals surface area contributed by atoms with E-state index in [0.29, 0.717) is 18.4 Å². The SMILES string of the molecule is CCO[C@H]1CO[C@@H]2[C@H]1OC[C@H]2C(C)C. The van der Waals surface area contributed by atoms with E-state index in [2.05, 4.69) is 13.8 Å². The molecule has 2 aliphatic rings. The second-order valence-electron chi connectivity index (χ2n) is 4.50. The van der Waals surface area contributed by atoms with Crippen LogP contribution in [0.25, 0.3) is 0 Å². The van der Waals surface area contributed by atoms with Crippen LogP contribution in [0.2, 0.25) is 0 Å². The van der Waals surface area contributed by atoms with Gasteiger partial charge < -0.3 is 14.2 Å². The Labute approximate surface area is 85.7 Å². The maximum atomic E-state index is 5.77. The highest BCUT2D eigenvalue weighted by molar-refractivity contribution is 4.95. The predicted octanol–water partition coefficient (Wildman–Crippen LogP) is 1.46. The first-order valence-electron chi connectivity index (χ1n) is 5.58. The molecule has 0 aromatic heterocycles. The van der Waals surface area contributed by atoms with Crippen molar-refractivity contribution in [3.05, 3.63) is 0 Å². The first-order valence-corrected chi connectivity index (χ1v) is 5.58. The molecule has 0 aromatic rings. The van der Waals surface area contributed by atoms with E-state index >= 15 is 0 Å². The standard InChI is InChI=1S/C11H20O3/c1-4-12-9-6-14-10-8(7(2)3)5-13-11(9)10/h7-11H,4-6H2,1-3H3/t8-,9-,10-,11-/m0/s1. The smallest absolute Gasteiger partial charge is 0.112 e. The van der Waals surface area contributed by atoms with Crippen molar-refractivity contribution in [2.45, 2.75) is 39.1 Å². The summed E-state index contributed by atoms with van der Waals surface area (Å²) in [6.45, 7) is 8.75. The van der Waals surface area contributed by atoms with Crippen LogP contribution in [0, 0.1) is 11.8 Å². The summed E-state index contributed by atoms with van der Waals surface area (Å²) in [5, 5.41) is 0. The molecule has 0 amide bonds. The molecule has 2 aliphatic heterocycles. The van der Waals surface area contributed by atoms with Crippen LogP contribution in [-0.4, -0.2) is 38.1 Å². The van der Waals surface area contributed by atoms with Gasteiger partial charge in [-0.15, -0.1) is 0 Å². The van der Waals surface area contributed by atoms with Crippen molar-refractivity contribution < 1.29 is 14.2 Å². The lowest BCUT2D eigenvalue weighted by molar-refractivity contribution is -0.0287. The molecule has 0 saturated carbocycles. The Kier molecular flexibility index (Phi) is 3.10. The summed E-state index contributed by atoms with van der Waals surface area (Å²) in [4.78, 5) is 0. The van der Waals surface area contributed by atoms with Gasteiger partial charge in [-0.05, 0) is 12.8 Å². The molecule has 0 aromatic carbocycles. The maximum absolute atomic E-state index is 5.77. The van der Waals surface area contributed by atoms with E-state index in [1.807, 2.05) is 6.92 Å². The Morgan fingerprint density at radius 2 is 1.93 bits per heavy atom. The van der Waals surface area contributed by atoms with Gasteiger partial charge in [0.2, 0.25) is 0 Å². The number of rotatable bonds is 3. The first-order chi connectivity index (χ1) is 6.74. The second kappa shape index (κ2) is 4.17. The quantitative estimate of drug-likeness (QED) is 0.690. The second-order valence-corrected chi connectivity index (χ2v) is 4.50. The molecule has 0 aliphatic carbocycles. The van der Waals surface area contributed by atoms with Gasteiger partial charge in [0.25, 0.3) is 0 Å². The minimum absolute atomic E-state index is 0.161. The van der Waals surface area contributed by atoms with E-state index in [0.717, 1.165) is 13.2 Å². The fourth-order valence-corrected chi connectivity index (χ4v) is 2.42. The summed E-state index contributed by atoms with van der Waals surface area (Å²) < 4.78 is 17.1. The molecule has 3 heteroatoms. The van der Waals surface area contributed by atoms with E-state index in [1.165, 1.54) is 0 Å². The number of fused-ring (bicyclic) bond motifs is 1. The highest BCUT2D eigenvalue weighted by atomic mass is 16.6. The summed E-state index contributed by atoms with van der Waals surface area (Å²) in [7, 11) is 0. The molecule has 0 spiro atoms. The van der Waals surface area contributed by atoms with Crippen LogP contribution < -0.4 is 0 Å². The van der Waals surface area contributed by atoms with Gasteiger partial charge in [0.05, 0.1) is 19.3 Å². The number of hydrogen-bond donors (Lipinski definition) is 0. The molecule has 2 rings (SSSR count). The molecule has 2 heterocycles. The highest BCUT2D eigenvalue weighted by Crippen LogP contribution is 2.36. The van der Waals surface area contributed by atoms with Gasteiger partial charge in [0.1, 0.15) is 12.2 Å². The van der Waals surface area contributed by atoms with Crippen molar-refractivity contribution in [3.63, 3.8) is 0 Å². The zero-order chi connectivity index (χ0) is 10.1. The van der Waals surface area contributed by atoms with E-state index in [1.54, 1.807) is 0 Å². The summed E-state index contributed by atoms with van der Waals surface area (Å²) >= 11 is 0. The Hall–Kier alpha value is -0.120. The average Bonchev–Trinajstić information content (AvgIpc) is 2.67. The van der Waals surface area contributed by atoms with Gasteiger partial charge in [-0.1, -0.05) is 13.8 Å². The highest BCUT2D eigenvalue weighted by Gasteiger charge is 2.48. The van der Waals surface area contributed by atoms with Gasteiger partial charge in [-0.3, -0.25) is 0 Å². The summed E-state index contributed by atoms with van der Waals surface area (Å²) in [5.41, 5.74) is 0. The molecule has 82 valence electrons. The average molecular weight is 200 g/mol. The van der Waals surface area contributed by atoms with E-state index < -0.39 is 0 Å². The van der Waals surface area contributed by atoms with Crippen molar-refractivity contribution in [3.8, 4) is 0 Å². The van der Waals surface area contributed by atoms with Gasteiger partial charge in [-0.2, -0.15) is 0 Å². The van der Waals surface area contributed by atoms with Crippen molar-refractivity contribution >= 4 is 0 Å². The molecule has 0 radical (unpaired) electrons. The Morgan fingerprint density at radius 3 is 2.57 bits per heavy atom. The molecule has 2 fully saturated rings. The number of ether oxygens (including phenoxy) is 3. The van der Waals surface area contributed by atoms with Crippen LogP contribution in [0.15, 0.2) is 0 Å². The van der Waals surface area contributed by atoms with Crippen molar-refractivity contribution in [2.24, 2.45) is 11.8 Å². The topological polar surface area (TPSA) is 27.7 Å². The van der Waals surface area contributed by atoms with E-state index in [9.17, 15) is 0 Å². The zero-order valence-corrected chi connectivity index (χ0v) is 9.23. The minimum atomic E-state index is 0.161. The van der Waals surface area contributed by atoms with Crippen LogP contribution in [0.5, 0.6) is 0 Å². The van der Waals surface area contributed by atoms with Crippen LogP contribution >= 0.6 is 0 Å². The Balaban J connectivity index is 1.97. The van der Waals surface area contributed by atoms with Gasteiger partial charge >= 0.3 is 0 Å². The van der Waals surface area contributed by atoms with Crippen molar-refractivity contribution in [1.29, 1.82) is 0 Å². The van der Waals surface area contributed by atoms with Crippen LogP contribution in [-0.2, 0) is 14.2 Å². The lowest BCUT2D eigenvalue weighted by atomic mass is 9.90. The lowest BCUT2D eigenvalue weighted by Crippen LogP contribution is -2.32. The molecule has 3 nitrogen and oxygen atoms in total. The Morgan fingerprint density at radius 1 is 1.21 bits per heavy atom. The van der Waals surface area contributed by atoms with E-state index in [-0.39, 0.29) is 18.3 Å². The summed E-state index contributed by atoms with van der Waals surface area (Å²) in [6, 6.07) is 0. The largest absolute Gasteiger partial charge is 0.373 e. The van der Waals surface area contributed by atoms with Gasteiger partial charge in [0, 0.05) is 12.5 Å². The molecule has 0 N–H and O–H groups in total. The van der Waals surface area contributed by atoms with Crippen LogP contribution in [0.3, 0.4) is 0 Å². The van der Waals surface area contributed by atoms with Crippen LogP contribution in [0.1, 0.15) is 20.8 Å². The molecule has 2 saturated heterocycles. The Bertz CT molecular complexity index is 193. The molecular formula is C11H20O3. The molecular weight excluding hydrogens is 180 g/mol. The molecule has 14 heavy (non-hydrogen) atoms. The van der Waals surface area contributed by atoms with Gasteiger partial charge in [0.15, 0.2) is 0 Å². The molecule has 4 atom stereocenters. The predicted molar refractivity (Wildman–Crippen MR) is 53.2 cm³/mol.